The standard InChI is InChI=1S/C28H28O3/c29-23-14-12-21(13-15-23)28-25(20-7-2-1-3-8-20)10-6-9-22-19-24(16-17-26(22)28)31-27-11-4-5-18-30-27/h1-3,7-8,12-17,19,27,29H,4-6,9-11,18H2. The molecular weight excluding hydrogens is 384 g/mol. The molecule has 1 aliphatic heterocycles. The molecule has 1 saturated heterocycles. The highest BCUT2D eigenvalue weighted by atomic mass is 16.7. The van der Waals surface area contributed by atoms with Crippen molar-refractivity contribution in [2.75, 3.05) is 6.61 Å². The lowest BCUT2D eigenvalue weighted by Crippen LogP contribution is -2.25. The Kier molecular flexibility index (Phi) is 5.77. The number of allylic oxidation sites excluding steroid dienone is 1. The fraction of sp³-hybridized carbons (Fsp3) is 0.286. The zero-order valence-corrected chi connectivity index (χ0v) is 17.7. The van der Waals surface area contributed by atoms with Crippen molar-refractivity contribution in [2.45, 2.75) is 44.8 Å². The largest absolute Gasteiger partial charge is 0.508 e. The average molecular weight is 413 g/mol. The first-order valence-corrected chi connectivity index (χ1v) is 11.3. The first kappa shape index (κ1) is 19.9. The predicted octanol–water partition coefficient (Wildman–Crippen LogP) is 6.59. The van der Waals surface area contributed by atoms with Gasteiger partial charge in [-0.2, -0.15) is 0 Å². The minimum Gasteiger partial charge on any atom is -0.508 e. The van der Waals surface area contributed by atoms with Crippen LogP contribution in [0.1, 0.15) is 54.4 Å². The third-order valence-electron chi connectivity index (χ3n) is 6.20. The van der Waals surface area contributed by atoms with Crippen molar-refractivity contribution in [1.82, 2.24) is 0 Å². The lowest BCUT2D eigenvalue weighted by Gasteiger charge is -2.24. The van der Waals surface area contributed by atoms with E-state index < -0.39 is 0 Å². The molecule has 0 aromatic heterocycles. The number of hydrogen-bond acceptors (Lipinski definition) is 3. The zero-order valence-electron chi connectivity index (χ0n) is 17.7. The van der Waals surface area contributed by atoms with E-state index in [0.29, 0.717) is 0 Å². The molecule has 0 spiro atoms. The molecule has 1 heterocycles. The van der Waals surface area contributed by atoms with E-state index in [1.165, 1.54) is 27.8 Å². The van der Waals surface area contributed by atoms with Gasteiger partial charge in [-0.3, -0.25) is 0 Å². The van der Waals surface area contributed by atoms with Gasteiger partial charge in [-0.15, -0.1) is 0 Å². The molecule has 1 fully saturated rings. The number of rotatable bonds is 4. The molecule has 1 N–H and O–H groups in total. The molecule has 0 bridgehead atoms. The predicted molar refractivity (Wildman–Crippen MR) is 124 cm³/mol. The molecule has 1 unspecified atom stereocenters. The van der Waals surface area contributed by atoms with Gasteiger partial charge in [0.15, 0.2) is 6.29 Å². The molecule has 1 aliphatic carbocycles. The first-order chi connectivity index (χ1) is 15.3. The van der Waals surface area contributed by atoms with Crippen LogP contribution in [0.3, 0.4) is 0 Å². The Morgan fingerprint density at radius 3 is 2.42 bits per heavy atom. The Labute approximate surface area is 184 Å². The lowest BCUT2D eigenvalue weighted by atomic mass is 9.88. The molecule has 31 heavy (non-hydrogen) atoms. The van der Waals surface area contributed by atoms with Crippen LogP contribution in [0.15, 0.2) is 72.8 Å². The van der Waals surface area contributed by atoms with E-state index in [-0.39, 0.29) is 12.0 Å². The number of benzene rings is 3. The summed E-state index contributed by atoms with van der Waals surface area (Å²) in [4.78, 5) is 0. The Hall–Kier alpha value is -3.04. The molecule has 5 rings (SSSR count). The number of phenolic OH excluding ortho intramolecular Hbond substituents is 1. The van der Waals surface area contributed by atoms with Crippen LogP contribution in [0, 0.1) is 0 Å². The summed E-state index contributed by atoms with van der Waals surface area (Å²) in [6.07, 6.45) is 6.20. The maximum absolute atomic E-state index is 9.84. The smallest absolute Gasteiger partial charge is 0.199 e. The van der Waals surface area contributed by atoms with E-state index in [2.05, 4.69) is 48.5 Å². The van der Waals surface area contributed by atoms with Crippen molar-refractivity contribution in [3.8, 4) is 11.5 Å². The second kappa shape index (κ2) is 8.99. The van der Waals surface area contributed by atoms with Gasteiger partial charge in [0.1, 0.15) is 11.5 Å². The molecule has 2 aliphatic rings. The summed E-state index contributed by atoms with van der Waals surface area (Å²) in [5.41, 5.74) is 7.55. The Morgan fingerprint density at radius 2 is 1.65 bits per heavy atom. The molecule has 0 radical (unpaired) electrons. The fourth-order valence-corrected chi connectivity index (χ4v) is 4.68. The summed E-state index contributed by atoms with van der Waals surface area (Å²) in [5.74, 6) is 1.18. The van der Waals surface area contributed by atoms with Crippen LogP contribution in [-0.2, 0) is 11.2 Å². The van der Waals surface area contributed by atoms with Gasteiger partial charge >= 0.3 is 0 Å². The topological polar surface area (TPSA) is 38.7 Å². The Morgan fingerprint density at radius 1 is 0.806 bits per heavy atom. The molecule has 1 atom stereocenters. The van der Waals surface area contributed by atoms with Crippen molar-refractivity contribution < 1.29 is 14.6 Å². The molecule has 3 heteroatoms. The summed E-state index contributed by atoms with van der Waals surface area (Å²) in [7, 11) is 0. The molecule has 3 aromatic carbocycles. The molecule has 0 amide bonds. The van der Waals surface area contributed by atoms with Crippen molar-refractivity contribution >= 4 is 11.1 Å². The quantitative estimate of drug-likeness (QED) is 0.525. The van der Waals surface area contributed by atoms with Gasteiger partial charge in [0, 0.05) is 6.42 Å². The van der Waals surface area contributed by atoms with Crippen LogP contribution >= 0.6 is 0 Å². The van der Waals surface area contributed by atoms with Crippen LogP contribution in [0.2, 0.25) is 0 Å². The van der Waals surface area contributed by atoms with Gasteiger partial charge in [0.05, 0.1) is 6.61 Å². The van der Waals surface area contributed by atoms with Crippen molar-refractivity contribution in [3.63, 3.8) is 0 Å². The van der Waals surface area contributed by atoms with Gasteiger partial charge in [-0.25, -0.2) is 0 Å². The van der Waals surface area contributed by atoms with Gasteiger partial charge in [0.2, 0.25) is 0 Å². The summed E-state index contributed by atoms with van der Waals surface area (Å²) in [6.45, 7) is 0.782. The van der Waals surface area contributed by atoms with Crippen LogP contribution < -0.4 is 4.74 Å². The first-order valence-electron chi connectivity index (χ1n) is 11.3. The summed E-state index contributed by atoms with van der Waals surface area (Å²) in [6, 6.07) is 24.7. The number of aromatic hydroxyl groups is 1. The van der Waals surface area contributed by atoms with E-state index in [9.17, 15) is 5.11 Å². The van der Waals surface area contributed by atoms with Crippen LogP contribution in [-0.4, -0.2) is 18.0 Å². The van der Waals surface area contributed by atoms with Gasteiger partial charge in [0.25, 0.3) is 0 Å². The highest BCUT2D eigenvalue weighted by Crippen LogP contribution is 2.41. The van der Waals surface area contributed by atoms with Crippen molar-refractivity contribution in [3.05, 3.63) is 95.1 Å². The number of hydrogen-bond donors (Lipinski definition) is 1. The number of aryl methyl sites for hydroxylation is 1. The second-order valence-electron chi connectivity index (χ2n) is 8.35. The maximum Gasteiger partial charge on any atom is 0.199 e. The van der Waals surface area contributed by atoms with E-state index in [1.807, 2.05) is 12.1 Å². The van der Waals surface area contributed by atoms with Crippen LogP contribution in [0.25, 0.3) is 11.1 Å². The highest BCUT2D eigenvalue weighted by Gasteiger charge is 2.22. The maximum atomic E-state index is 9.84. The highest BCUT2D eigenvalue weighted by molar-refractivity contribution is 6.00. The van der Waals surface area contributed by atoms with E-state index >= 15 is 0 Å². The minimum atomic E-state index is -0.135. The second-order valence-corrected chi connectivity index (χ2v) is 8.35. The lowest BCUT2D eigenvalue weighted by molar-refractivity contribution is -0.105. The SMILES string of the molecule is Oc1ccc(C2=C(c3ccccc3)CCCc3cc(OC4CCCCO4)ccc32)cc1. The molecule has 0 saturated carbocycles. The normalized spacial score (nSPS) is 18.9. The van der Waals surface area contributed by atoms with E-state index in [1.54, 1.807) is 12.1 Å². The van der Waals surface area contributed by atoms with Crippen LogP contribution in [0.5, 0.6) is 11.5 Å². The van der Waals surface area contributed by atoms with Crippen molar-refractivity contribution in [1.29, 1.82) is 0 Å². The van der Waals surface area contributed by atoms with Crippen molar-refractivity contribution in [2.24, 2.45) is 0 Å². The Balaban J connectivity index is 1.59. The minimum absolute atomic E-state index is 0.135. The molecular formula is C28H28O3. The Bertz CT molecular complexity index is 1060. The van der Waals surface area contributed by atoms with Gasteiger partial charge in [-0.1, -0.05) is 48.5 Å². The van der Waals surface area contributed by atoms with Gasteiger partial charge < -0.3 is 14.6 Å². The average Bonchev–Trinajstić information content (AvgIpc) is 3.00. The van der Waals surface area contributed by atoms with E-state index in [4.69, 9.17) is 9.47 Å². The number of fused-ring (bicyclic) bond motifs is 1. The summed E-state index contributed by atoms with van der Waals surface area (Å²) >= 11 is 0. The van der Waals surface area contributed by atoms with Gasteiger partial charge in [-0.05, 0) is 89.8 Å². The number of phenols is 1. The third-order valence-corrected chi connectivity index (χ3v) is 6.20. The third kappa shape index (κ3) is 4.38. The molecule has 3 nitrogen and oxygen atoms in total. The summed E-state index contributed by atoms with van der Waals surface area (Å²) in [5, 5.41) is 9.84. The zero-order chi connectivity index (χ0) is 21.0. The van der Waals surface area contributed by atoms with E-state index in [0.717, 1.165) is 56.4 Å². The van der Waals surface area contributed by atoms with Crippen LogP contribution in [0.4, 0.5) is 0 Å². The summed E-state index contributed by atoms with van der Waals surface area (Å²) < 4.78 is 11.9. The monoisotopic (exact) mass is 412 g/mol. The number of ether oxygens (including phenoxy) is 2. The molecule has 3 aromatic rings. The molecule has 158 valence electrons. The fourth-order valence-electron chi connectivity index (χ4n) is 4.68.